The van der Waals surface area contributed by atoms with Crippen molar-refractivity contribution in [1.82, 2.24) is 9.97 Å². The molecule has 32 heavy (non-hydrogen) atoms. The van der Waals surface area contributed by atoms with Crippen LogP contribution in [0.5, 0.6) is 17.2 Å². The number of benzene rings is 1. The minimum Gasteiger partial charge on any atom is -0.493 e. The van der Waals surface area contributed by atoms with Crippen LogP contribution in [-0.4, -0.2) is 50.3 Å². The number of carbonyl (C=O) groups excluding carboxylic acids is 1. The highest BCUT2D eigenvalue weighted by atomic mass is 16.5. The van der Waals surface area contributed by atoms with Crippen LogP contribution in [0, 0.1) is 17.2 Å². The second kappa shape index (κ2) is 8.78. The molecule has 2 aromatic rings. The van der Waals surface area contributed by atoms with Gasteiger partial charge in [-0.05, 0) is 37.0 Å². The van der Waals surface area contributed by atoms with E-state index in [2.05, 4.69) is 15.3 Å². The second-order valence-corrected chi connectivity index (χ2v) is 7.73. The van der Waals surface area contributed by atoms with Gasteiger partial charge in [0.25, 0.3) is 5.56 Å². The van der Waals surface area contributed by atoms with Gasteiger partial charge in [0.2, 0.25) is 17.6 Å². The molecule has 2 atom stereocenters. The average molecular weight is 439 g/mol. The highest BCUT2D eigenvalue weighted by Gasteiger charge is 2.41. The van der Waals surface area contributed by atoms with Crippen molar-refractivity contribution in [2.75, 3.05) is 44.6 Å². The van der Waals surface area contributed by atoms with E-state index < -0.39 is 23.3 Å². The molecule has 0 radical (unpaired) electrons. The number of anilines is 2. The molecule has 3 heterocycles. The number of nitrogens with zero attached hydrogens (tertiary/aromatic N) is 3. The first-order chi connectivity index (χ1) is 15.5. The Bertz CT molecular complexity index is 1110. The Labute approximate surface area is 185 Å². The van der Waals surface area contributed by atoms with Crippen molar-refractivity contribution in [3.05, 3.63) is 33.6 Å². The largest absolute Gasteiger partial charge is 0.493 e. The van der Waals surface area contributed by atoms with Crippen LogP contribution in [0.25, 0.3) is 0 Å². The topological polar surface area (TPSA) is 130 Å². The Hall–Kier alpha value is -3.74. The number of amides is 1. The summed E-state index contributed by atoms with van der Waals surface area (Å²) in [7, 11) is 4.44. The summed E-state index contributed by atoms with van der Waals surface area (Å²) in [6, 6.07) is 5.34. The van der Waals surface area contributed by atoms with Crippen molar-refractivity contribution in [3.8, 4) is 23.3 Å². The quantitative estimate of drug-likeness (QED) is 0.724. The number of hydrogen-bond acceptors (Lipinski definition) is 8. The molecule has 2 aliphatic heterocycles. The Morgan fingerprint density at radius 2 is 1.72 bits per heavy atom. The molecule has 2 aliphatic rings. The molecule has 0 aliphatic carbocycles. The van der Waals surface area contributed by atoms with Crippen LogP contribution >= 0.6 is 0 Å². The molecule has 10 heteroatoms. The van der Waals surface area contributed by atoms with Crippen molar-refractivity contribution in [2.24, 2.45) is 5.92 Å². The third kappa shape index (κ3) is 3.60. The zero-order chi connectivity index (χ0) is 22.8. The lowest BCUT2D eigenvalue weighted by molar-refractivity contribution is -0.119. The number of aromatic amines is 1. The van der Waals surface area contributed by atoms with Gasteiger partial charge in [-0.1, -0.05) is 0 Å². The third-order valence-corrected chi connectivity index (χ3v) is 5.95. The summed E-state index contributed by atoms with van der Waals surface area (Å²) in [5.74, 6) is -0.807. The van der Waals surface area contributed by atoms with Gasteiger partial charge in [0.15, 0.2) is 11.5 Å². The fourth-order valence-corrected chi connectivity index (χ4v) is 4.40. The first-order valence-corrected chi connectivity index (χ1v) is 10.4. The van der Waals surface area contributed by atoms with Crippen molar-refractivity contribution in [2.45, 2.75) is 25.2 Å². The van der Waals surface area contributed by atoms with Crippen LogP contribution < -0.4 is 30.0 Å². The van der Waals surface area contributed by atoms with E-state index in [0.29, 0.717) is 28.8 Å². The number of carbonyl (C=O) groups is 1. The van der Waals surface area contributed by atoms with Crippen LogP contribution in [0.15, 0.2) is 16.9 Å². The fraction of sp³-hybridized carbons (Fsp3) is 0.455. The summed E-state index contributed by atoms with van der Waals surface area (Å²) >= 11 is 0. The molecule has 1 saturated heterocycles. The zero-order valence-corrected chi connectivity index (χ0v) is 18.2. The smallest absolute Gasteiger partial charge is 0.258 e. The number of ether oxygens (including phenoxy) is 3. The monoisotopic (exact) mass is 439 g/mol. The first kappa shape index (κ1) is 21.5. The molecule has 1 amide bonds. The maximum atomic E-state index is 13.2. The van der Waals surface area contributed by atoms with E-state index in [1.165, 1.54) is 21.3 Å². The molecule has 4 rings (SSSR count). The molecular weight excluding hydrogens is 414 g/mol. The molecule has 0 saturated carbocycles. The van der Waals surface area contributed by atoms with Gasteiger partial charge >= 0.3 is 0 Å². The van der Waals surface area contributed by atoms with Crippen LogP contribution in [0.2, 0.25) is 0 Å². The number of fused-ring (bicyclic) bond motifs is 1. The van der Waals surface area contributed by atoms with Crippen molar-refractivity contribution >= 4 is 17.7 Å². The van der Waals surface area contributed by atoms with Crippen LogP contribution in [0.4, 0.5) is 11.8 Å². The Morgan fingerprint density at radius 3 is 2.28 bits per heavy atom. The van der Waals surface area contributed by atoms with Gasteiger partial charge < -0.3 is 24.4 Å². The zero-order valence-electron chi connectivity index (χ0n) is 18.2. The molecule has 168 valence electrons. The molecule has 2 N–H and O–H groups in total. The van der Waals surface area contributed by atoms with Gasteiger partial charge in [0.05, 0.1) is 33.0 Å². The number of piperidine rings is 1. The second-order valence-electron chi connectivity index (χ2n) is 7.73. The normalized spacial score (nSPS) is 20.1. The number of aromatic nitrogens is 2. The lowest BCUT2D eigenvalue weighted by Gasteiger charge is -2.31. The predicted molar refractivity (Wildman–Crippen MR) is 117 cm³/mol. The Balaban J connectivity index is 1.89. The molecular formula is C22H25N5O5. The maximum absolute atomic E-state index is 13.2. The highest BCUT2D eigenvalue weighted by Crippen LogP contribution is 2.45. The van der Waals surface area contributed by atoms with Gasteiger partial charge in [-0.2, -0.15) is 10.2 Å². The summed E-state index contributed by atoms with van der Waals surface area (Å²) in [5, 5.41) is 12.4. The summed E-state index contributed by atoms with van der Waals surface area (Å²) in [5.41, 5.74) is 0.348. The Kier molecular flexibility index (Phi) is 5.90. The van der Waals surface area contributed by atoms with Gasteiger partial charge in [-0.25, -0.2) is 0 Å². The van der Waals surface area contributed by atoms with E-state index in [-0.39, 0.29) is 11.4 Å². The summed E-state index contributed by atoms with van der Waals surface area (Å²) < 4.78 is 16.2. The van der Waals surface area contributed by atoms with Crippen molar-refractivity contribution in [1.29, 1.82) is 5.26 Å². The van der Waals surface area contributed by atoms with Crippen molar-refractivity contribution < 1.29 is 19.0 Å². The average Bonchev–Trinajstić information content (AvgIpc) is 2.82. The van der Waals surface area contributed by atoms with Gasteiger partial charge in [0.1, 0.15) is 11.7 Å². The lowest BCUT2D eigenvalue weighted by atomic mass is 9.79. The molecule has 1 aromatic carbocycles. The number of rotatable bonds is 5. The minimum atomic E-state index is -1.13. The maximum Gasteiger partial charge on any atom is 0.258 e. The van der Waals surface area contributed by atoms with Crippen molar-refractivity contribution in [3.63, 3.8) is 0 Å². The number of hydrogen-bond donors (Lipinski definition) is 2. The fourth-order valence-electron chi connectivity index (χ4n) is 4.40. The van der Waals surface area contributed by atoms with E-state index in [1.54, 1.807) is 12.1 Å². The molecule has 0 unspecified atom stereocenters. The highest BCUT2D eigenvalue weighted by molar-refractivity contribution is 5.98. The van der Waals surface area contributed by atoms with E-state index in [0.717, 1.165) is 32.4 Å². The molecule has 0 bridgehead atoms. The van der Waals surface area contributed by atoms with E-state index >= 15 is 0 Å². The Morgan fingerprint density at radius 1 is 1.06 bits per heavy atom. The van der Waals surface area contributed by atoms with E-state index in [9.17, 15) is 14.9 Å². The summed E-state index contributed by atoms with van der Waals surface area (Å²) in [4.78, 5) is 35.5. The van der Waals surface area contributed by atoms with Crippen LogP contribution in [0.1, 0.15) is 36.3 Å². The minimum absolute atomic E-state index is 0.171. The SMILES string of the molecule is COc1cc([C@@H]2c3c(nc(N4CCCCC4)[nH]c3=O)NC(=O)[C@H]2C#N)cc(OC)c1OC. The molecule has 1 fully saturated rings. The number of H-pyrrole nitrogens is 1. The molecule has 1 aromatic heterocycles. The van der Waals surface area contributed by atoms with Gasteiger partial charge in [-0.15, -0.1) is 0 Å². The van der Waals surface area contributed by atoms with Crippen LogP contribution in [-0.2, 0) is 4.79 Å². The summed E-state index contributed by atoms with van der Waals surface area (Å²) in [6.45, 7) is 1.57. The predicted octanol–water partition coefficient (Wildman–Crippen LogP) is 2.01. The third-order valence-electron chi connectivity index (χ3n) is 5.95. The van der Waals surface area contributed by atoms with Gasteiger partial charge in [-0.3, -0.25) is 14.6 Å². The van der Waals surface area contributed by atoms with Crippen LogP contribution in [0.3, 0.4) is 0 Å². The number of nitriles is 1. The number of nitrogens with one attached hydrogen (secondary N) is 2. The molecule has 10 nitrogen and oxygen atoms in total. The first-order valence-electron chi connectivity index (χ1n) is 10.4. The van der Waals surface area contributed by atoms with E-state index in [4.69, 9.17) is 14.2 Å². The standard InChI is InChI=1S/C22H25N5O5/c1-30-14-9-12(10-15(31-2)18(14)32-3)16-13(11-23)20(28)24-19-17(16)21(29)26-22(25-19)27-7-5-4-6-8-27/h9-10,13,16H,4-8H2,1-3H3,(H2,24,25,26,28,29)/t13-,16-/m0/s1. The van der Waals surface area contributed by atoms with E-state index in [1.807, 2.05) is 11.0 Å². The number of methoxy groups -OCH3 is 3. The summed E-state index contributed by atoms with van der Waals surface area (Å²) in [6.07, 6.45) is 3.16. The van der Waals surface area contributed by atoms with Gasteiger partial charge in [0, 0.05) is 19.0 Å². The molecule has 0 spiro atoms. The lowest BCUT2D eigenvalue weighted by Crippen LogP contribution is -2.40.